The maximum absolute atomic E-state index is 12.3. The van der Waals surface area contributed by atoms with Crippen molar-refractivity contribution in [3.05, 3.63) is 0 Å². The lowest BCUT2D eigenvalue weighted by Crippen LogP contribution is -2.55. The highest BCUT2D eigenvalue weighted by Crippen LogP contribution is 2.27. The molecule has 0 aromatic heterocycles. The van der Waals surface area contributed by atoms with Gasteiger partial charge in [0.1, 0.15) is 0 Å². The van der Waals surface area contributed by atoms with Crippen molar-refractivity contribution < 1.29 is 18.7 Å². The Morgan fingerprint density at radius 3 is 2.55 bits per heavy atom. The molecule has 2 unspecified atom stereocenters. The summed E-state index contributed by atoms with van der Waals surface area (Å²) in [4.78, 5) is 13.5. The summed E-state index contributed by atoms with van der Waals surface area (Å²) in [6, 6.07) is 0.294. The molecule has 1 saturated heterocycles. The molecule has 0 bridgehead atoms. The average Bonchev–Trinajstić information content (AvgIpc) is 2.45. The first kappa shape index (κ1) is 15.6. The quantitative estimate of drug-likeness (QED) is 0.812. The Labute approximate surface area is 118 Å². The Kier molecular flexibility index (Phi) is 5.72. The summed E-state index contributed by atoms with van der Waals surface area (Å²) in [5.41, 5.74) is 0. The van der Waals surface area contributed by atoms with Gasteiger partial charge in [-0.25, -0.2) is 8.78 Å². The van der Waals surface area contributed by atoms with Crippen molar-refractivity contribution in [2.24, 2.45) is 5.92 Å². The van der Waals surface area contributed by atoms with Gasteiger partial charge in [0.2, 0.25) is 0 Å². The van der Waals surface area contributed by atoms with Gasteiger partial charge in [0, 0.05) is 25.2 Å². The number of carboxylic acids is 1. The van der Waals surface area contributed by atoms with Crippen LogP contribution in [0.3, 0.4) is 0 Å². The molecule has 2 aliphatic rings. The Morgan fingerprint density at radius 2 is 1.95 bits per heavy atom. The third-order valence-corrected chi connectivity index (χ3v) is 4.48. The minimum atomic E-state index is -2.39. The molecule has 20 heavy (non-hydrogen) atoms. The van der Waals surface area contributed by atoms with Crippen LogP contribution < -0.4 is 5.32 Å². The van der Waals surface area contributed by atoms with E-state index in [1.807, 2.05) is 0 Å². The van der Waals surface area contributed by atoms with Crippen LogP contribution in [0.4, 0.5) is 8.78 Å². The minimum absolute atomic E-state index is 0.138. The van der Waals surface area contributed by atoms with Crippen LogP contribution in [-0.4, -0.2) is 54.1 Å². The normalized spacial score (nSPS) is 29.8. The lowest BCUT2D eigenvalue weighted by atomic mass is 9.88. The van der Waals surface area contributed by atoms with E-state index < -0.39 is 18.3 Å². The van der Waals surface area contributed by atoms with Crippen molar-refractivity contribution in [2.75, 3.05) is 19.6 Å². The Hall–Kier alpha value is -0.750. The molecule has 2 N–H and O–H groups in total. The highest BCUT2D eigenvalue weighted by molar-refractivity contribution is 5.70. The van der Waals surface area contributed by atoms with Gasteiger partial charge in [-0.2, -0.15) is 0 Å². The zero-order chi connectivity index (χ0) is 14.5. The number of aliphatic carboxylic acids is 1. The molecular weight excluding hydrogens is 266 g/mol. The standard InChI is InChI=1S/C14H24F2N2O2/c15-13(16)7-17-11-6-10(14(19)20)8-18(9-11)12-4-2-1-3-5-12/h10-13,17H,1-9H2,(H,19,20). The van der Waals surface area contributed by atoms with Crippen LogP contribution in [-0.2, 0) is 4.79 Å². The fourth-order valence-electron chi connectivity index (χ4n) is 3.46. The molecule has 0 spiro atoms. The molecule has 1 aliphatic carbocycles. The van der Waals surface area contributed by atoms with Crippen molar-refractivity contribution in [3.63, 3.8) is 0 Å². The Balaban J connectivity index is 1.94. The van der Waals surface area contributed by atoms with Gasteiger partial charge in [-0.15, -0.1) is 0 Å². The molecular formula is C14H24F2N2O2. The number of rotatable bonds is 5. The summed E-state index contributed by atoms with van der Waals surface area (Å²) in [5.74, 6) is -1.25. The van der Waals surface area contributed by atoms with E-state index in [9.17, 15) is 18.7 Å². The summed E-state index contributed by atoms with van der Waals surface area (Å²) < 4.78 is 24.6. The zero-order valence-electron chi connectivity index (χ0n) is 11.7. The van der Waals surface area contributed by atoms with Crippen molar-refractivity contribution in [1.29, 1.82) is 0 Å². The molecule has 0 amide bonds. The summed E-state index contributed by atoms with van der Waals surface area (Å²) in [5, 5.41) is 12.1. The number of likely N-dealkylation sites (tertiary alicyclic amines) is 1. The first-order valence-corrected chi connectivity index (χ1v) is 7.54. The SMILES string of the molecule is O=C(O)C1CC(NCC(F)F)CN(C2CCCCC2)C1. The van der Waals surface area contributed by atoms with Crippen molar-refractivity contribution in [2.45, 2.75) is 57.0 Å². The third-order valence-electron chi connectivity index (χ3n) is 4.48. The first-order chi connectivity index (χ1) is 9.56. The van der Waals surface area contributed by atoms with Gasteiger partial charge in [-0.1, -0.05) is 19.3 Å². The molecule has 1 heterocycles. The van der Waals surface area contributed by atoms with Gasteiger partial charge >= 0.3 is 5.97 Å². The lowest BCUT2D eigenvalue weighted by Gasteiger charge is -2.42. The highest BCUT2D eigenvalue weighted by atomic mass is 19.3. The van der Waals surface area contributed by atoms with Crippen LogP contribution in [0.5, 0.6) is 0 Å². The van der Waals surface area contributed by atoms with Gasteiger partial charge in [-0.05, 0) is 19.3 Å². The largest absolute Gasteiger partial charge is 0.481 e. The number of carbonyl (C=O) groups is 1. The van der Waals surface area contributed by atoms with E-state index in [0.29, 0.717) is 25.6 Å². The molecule has 0 aromatic carbocycles. The third kappa shape index (κ3) is 4.38. The van der Waals surface area contributed by atoms with Crippen LogP contribution in [0.15, 0.2) is 0 Å². The molecule has 2 rings (SSSR count). The predicted molar refractivity (Wildman–Crippen MR) is 72.0 cm³/mol. The van der Waals surface area contributed by atoms with E-state index in [1.165, 1.54) is 19.3 Å². The van der Waals surface area contributed by atoms with Gasteiger partial charge < -0.3 is 10.4 Å². The number of hydrogen-bond acceptors (Lipinski definition) is 3. The summed E-state index contributed by atoms with van der Waals surface area (Å²) >= 11 is 0. The van der Waals surface area contributed by atoms with E-state index in [-0.39, 0.29) is 12.6 Å². The van der Waals surface area contributed by atoms with E-state index in [4.69, 9.17) is 0 Å². The number of halogens is 2. The van der Waals surface area contributed by atoms with Gasteiger partial charge in [0.15, 0.2) is 0 Å². The molecule has 6 heteroatoms. The summed E-state index contributed by atoms with van der Waals surface area (Å²) in [6.07, 6.45) is 3.90. The van der Waals surface area contributed by atoms with E-state index in [2.05, 4.69) is 10.2 Å². The van der Waals surface area contributed by atoms with Gasteiger partial charge in [0.05, 0.1) is 12.5 Å². The van der Waals surface area contributed by atoms with E-state index in [1.54, 1.807) is 0 Å². The van der Waals surface area contributed by atoms with Gasteiger partial charge in [-0.3, -0.25) is 9.69 Å². The predicted octanol–water partition coefficient (Wildman–Crippen LogP) is 1.95. The lowest BCUT2D eigenvalue weighted by molar-refractivity contribution is -0.144. The number of piperidine rings is 1. The molecule has 2 fully saturated rings. The van der Waals surface area contributed by atoms with Crippen LogP contribution in [0.25, 0.3) is 0 Å². The number of hydrogen-bond donors (Lipinski definition) is 2. The molecule has 0 aromatic rings. The summed E-state index contributed by atoms with van der Waals surface area (Å²) in [7, 11) is 0. The Morgan fingerprint density at radius 1 is 1.25 bits per heavy atom. The number of nitrogens with one attached hydrogen (secondary N) is 1. The topological polar surface area (TPSA) is 52.6 Å². The number of nitrogens with zero attached hydrogens (tertiary/aromatic N) is 1. The first-order valence-electron chi connectivity index (χ1n) is 7.54. The average molecular weight is 290 g/mol. The fourth-order valence-corrected chi connectivity index (χ4v) is 3.46. The van der Waals surface area contributed by atoms with Crippen LogP contribution in [0, 0.1) is 5.92 Å². The fraction of sp³-hybridized carbons (Fsp3) is 0.929. The van der Waals surface area contributed by atoms with Crippen molar-refractivity contribution in [3.8, 4) is 0 Å². The van der Waals surface area contributed by atoms with Crippen molar-refractivity contribution >= 4 is 5.97 Å². The highest BCUT2D eigenvalue weighted by Gasteiger charge is 2.35. The maximum Gasteiger partial charge on any atom is 0.307 e. The van der Waals surface area contributed by atoms with E-state index in [0.717, 1.165) is 12.8 Å². The van der Waals surface area contributed by atoms with Gasteiger partial charge in [0.25, 0.3) is 6.43 Å². The van der Waals surface area contributed by atoms with Crippen LogP contribution in [0.2, 0.25) is 0 Å². The Bertz CT molecular complexity index is 322. The molecule has 1 aliphatic heterocycles. The van der Waals surface area contributed by atoms with E-state index >= 15 is 0 Å². The molecule has 116 valence electrons. The monoisotopic (exact) mass is 290 g/mol. The zero-order valence-corrected chi connectivity index (χ0v) is 11.7. The summed E-state index contributed by atoms with van der Waals surface area (Å²) in [6.45, 7) is 0.906. The molecule has 4 nitrogen and oxygen atoms in total. The maximum atomic E-state index is 12.3. The molecule has 2 atom stereocenters. The second-order valence-corrected chi connectivity index (χ2v) is 6.01. The van der Waals surface area contributed by atoms with Crippen LogP contribution in [0.1, 0.15) is 38.5 Å². The smallest absolute Gasteiger partial charge is 0.307 e. The number of alkyl halides is 2. The second kappa shape index (κ2) is 7.31. The molecule has 0 radical (unpaired) electrons. The minimum Gasteiger partial charge on any atom is -0.481 e. The second-order valence-electron chi connectivity index (χ2n) is 6.01. The number of carboxylic acid groups (broad SMARTS) is 1. The van der Waals surface area contributed by atoms with Crippen molar-refractivity contribution in [1.82, 2.24) is 10.2 Å². The molecule has 1 saturated carbocycles. The van der Waals surface area contributed by atoms with Crippen LogP contribution >= 0.6 is 0 Å².